The number of aryl methyl sites for hydroxylation is 1. The predicted octanol–water partition coefficient (Wildman–Crippen LogP) is 2.61. The number of hydrogen-bond acceptors (Lipinski definition) is 2. The fraction of sp³-hybridized carbons (Fsp3) is 0.333. The van der Waals surface area contributed by atoms with Gasteiger partial charge in [0, 0.05) is 24.8 Å². The molecule has 22 heavy (non-hydrogen) atoms. The summed E-state index contributed by atoms with van der Waals surface area (Å²) < 4.78 is 0. The van der Waals surface area contributed by atoms with E-state index in [-0.39, 0.29) is 11.5 Å². The zero-order valence-electron chi connectivity index (χ0n) is 12.5. The molecule has 1 aromatic heterocycles. The molecule has 4 heteroatoms. The average molecular weight is 296 g/mol. The van der Waals surface area contributed by atoms with Crippen molar-refractivity contribution in [2.75, 3.05) is 6.54 Å². The fourth-order valence-electron chi connectivity index (χ4n) is 3.09. The summed E-state index contributed by atoms with van der Waals surface area (Å²) >= 11 is 0. The Morgan fingerprint density at radius 2 is 2.00 bits per heavy atom. The predicted molar refractivity (Wildman–Crippen MR) is 85.9 cm³/mol. The summed E-state index contributed by atoms with van der Waals surface area (Å²) in [5.41, 5.74) is 1.69. The van der Waals surface area contributed by atoms with E-state index in [9.17, 15) is 9.59 Å². The topological polar surface area (TPSA) is 53.2 Å². The van der Waals surface area contributed by atoms with Gasteiger partial charge < -0.3 is 9.88 Å². The van der Waals surface area contributed by atoms with E-state index in [4.69, 9.17) is 0 Å². The SMILES string of the molecule is O=C(c1ccc(=O)[nH]c1)N1CCC[C@@H]1CCc1ccccc1. The molecule has 1 aromatic carbocycles. The highest BCUT2D eigenvalue weighted by atomic mass is 16.2. The Morgan fingerprint density at radius 3 is 2.73 bits per heavy atom. The van der Waals surface area contributed by atoms with Gasteiger partial charge in [0.2, 0.25) is 5.56 Å². The summed E-state index contributed by atoms with van der Waals surface area (Å²) in [5, 5.41) is 0. The third kappa shape index (κ3) is 3.27. The molecule has 1 N–H and O–H groups in total. The van der Waals surface area contributed by atoms with Crippen molar-refractivity contribution in [2.45, 2.75) is 31.7 Å². The van der Waals surface area contributed by atoms with E-state index in [0.29, 0.717) is 11.6 Å². The van der Waals surface area contributed by atoms with Crippen LogP contribution in [0.5, 0.6) is 0 Å². The van der Waals surface area contributed by atoms with Crippen LogP contribution in [0.15, 0.2) is 53.5 Å². The van der Waals surface area contributed by atoms with Gasteiger partial charge in [-0.25, -0.2) is 0 Å². The van der Waals surface area contributed by atoms with Crippen molar-refractivity contribution >= 4 is 5.91 Å². The first-order valence-electron chi connectivity index (χ1n) is 7.78. The zero-order valence-corrected chi connectivity index (χ0v) is 12.5. The maximum atomic E-state index is 12.6. The van der Waals surface area contributed by atoms with Crippen LogP contribution in [0.4, 0.5) is 0 Å². The maximum Gasteiger partial charge on any atom is 0.255 e. The van der Waals surface area contributed by atoms with E-state index in [1.165, 1.54) is 17.8 Å². The number of H-pyrrole nitrogens is 1. The second-order valence-electron chi connectivity index (χ2n) is 5.76. The number of carbonyl (C=O) groups excluding carboxylic acids is 1. The molecule has 2 aromatic rings. The highest BCUT2D eigenvalue weighted by molar-refractivity contribution is 5.94. The number of pyridine rings is 1. The number of aromatic nitrogens is 1. The summed E-state index contributed by atoms with van der Waals surface area (Å²) in [6, 6.07) is 13.7. The third-order valence-corrected chi connectivity index (χ3v) is 4.28. The van der Waals surface area contributed by atoms with E-state index < -0.39 is 0 Å². The highest BCUT2D eigenvalue weighted by Gasteiger charge is 2.29. The van der Waals surface area contributed by atoms with Crippen molar-refractivity contribution in [3.63, 3.8) is 0 Å². The molecule has 114 valence electrons. The number of amides is 1. The first-order chi connectivity index (χ1) is 10.7. The van der Waals surface area contributed by atoms with Crippen molar-refractivity contribution < 1.29 is 4.79 Å². The van der Waals surface area contributed by atoms with Gasteiger partial charge in [0.1, 0.15) is 0 Å². The van der Waals surface area contributed by atoms with Gasteiger partial charge >= 0.3 is 0 Å². The van der Waals surface area contributed by atoms with Gasteiger partial charge in [0.15, 0.2) is 0 Å². The Bertz CT molecular complexity index is 673. The lowest BCUT2D eigenvalue weighted by atomic mass is 10.0. The Balaban J connectivity index is 1.66. The fourth-order valence-corrected chi connectivity index (χ4v) is 3.09. The van der Waals surface area contributed by atoms with E-state index >= 15 is 0 Å². The van der Waals surface area contributed by atoms with Crippen LogP contribution < -0.4 is 5.56 Å². The maximum absolute atomic E-state index is 12.6. The minimum Gasteiger partial charge on any atom is -0.336 e. The summed E-state index contributed by atoms with van der Waals surface area (Å²) in [6.45, 7) is 0.803. The Morgan fingerprint density at radius 1 is 1.18 bits per heavy atom. The molecule has 0 spiro atoms. The quantitative estimate of drug-likeness (QED) is 0.943. The van der Waals surface area contributed by atoms with Crippen LogP contribution in [0.3, 0.4) is 0 Å². The summed E-state index contributed by atoms with van der Waals surface area (Å²) in [6.07, 6.45) is 5.59. The minimum atomic E-state index is -0.182. The van der Waals surface area contributed by atoms with Crippen LogP contribution >= 0.6 is 0 Å². The molecule has 0 unspecified atom stereocenters. The van der Waals surface area contributed by atoms with Gasteiger partial charge in [0.25, 0.3) is 5.91 Å². The van der Waals surface area contributed by atoms with Gasteiger partial charge in [-0.2, -0.15) is 0 Å². The average Bonchev–Trinajstić information content (AvgIpc) is 3.02. The van der Waals surface area contributed by atoms with Crippen molar-refractivity contribution in [3.05, 3.63) is 70.1 Å². The highest BCUT2D eigenvalue weighted by Crippen LogP contribution is 2.23. The smallest absolute Gasteiger partial charge is 0.255 e. The number of carbonyl (C=O) groups is 1. The van der Waals surface area contributed by atoms with Gasteiger partial charge in [-0.3, -0.25) is 9.59 Å². The molecule has 3 rings (SSSR count). The molecule has 1 fully saturated rings. The first kappa shape index (κ1) is 14.6. The molecule has 1 saturated heterocycles. The number of aromatic amines is 1. The Kier molecular flexibility index (Phi) is 4.37. The van der Waals surface area contributed by atoms with Crippen molar-refractivity contribution in [2.24, 2.45) is 0 Å². The lowest BCUT2D eigenvalue weighted by Gasteiger charge is -2.24. The monoisotopic (exact) mass is 296 g/mol. The molecule has 1 aliphatic rings. The standard InChI is InChI=1S/C18H20N2O2/c21-17-11-9-15(13-19-17)18(22)20-12-4-7-16(20)10-8-14-5-2-1-3-6-14/h1-3,5-6,9,11,13,16H,4,7-8,10,12H2,(H,19,21)/t16-/m1/s1. The number of benzene rings is 1. The van der Waals surface area contributed by atoms with Crippen LogP contribution in [-0.4, -0.2) is 28.4 Å². The summed E-state index contributed by atoms with van der Waals surface area (Å²) in [7, 11) is 0. The van der Waals surface area contributed by atoms with E-state index in [1.807, 2.05) is 23.1 Å². The van der Waals surface area contributed by atoms with E-state index in [0.717, 1.165) is 32.2 Å². The van der Waals surface area contributed by atoms with Crippen LogP contribution in [0.25, 0.3) is 0 Å². The molecule has 0 saturated carbocycles. The lowest BCUT2D eigenvalue weighted by molar-refractivity contribution is 0.0730. The number of rotatable bonds is 4. The molecule has 0 radical (unpaired) electrons. The van der Waals surface area contributed by atoms with Gasteiger partial charge in [-0.15, -0.1) is 0 Å². The van der Waals surface area contributed by atoms with Gasteiger partial charge in [-0.1, -0.05) is 30.3 Å². The zero-order chi connectivity index (χ0) is 15.4. The minimum absolute atomic E-state index is 0.0202. The normalized spacial score (nSPS) is 17.6. The second kappa shape index (κ2) is 6.60. The van der Waals surface area contributed by atoms with Crippen molar-refractivity contribution in [3.8, 4) is 0 Å². The molecular weight excluding hydrogens is 276 g/mol. The van der Waals surface area contributed by atoms with Gasteiger partial charge in [0.05, 0.1) is 5.56 Å². The largest absolute Gasteiger partial charge is 0.336 e. The number of nitrogens with one attached hydrogen (secondary N) is 1. The molecule has 1 amide bonds. The first-order valence-corrected chi connectivity index (χ1v) is 7.78. The lowest BCUT2D eigenvalue weighted by Crippen LogP contribution is -2.36. The van der Waals surface area contributed by atoms with E-state index in [1.54, 1.807) is 6.07 Å². The summed E-state index contributed by atoms with van der Waals surface area (Å²) in [4.78, 5) is 28.2. The molecule has 1 atom stereocenters. The third-order valence-electron chi connectivity index (χ3n) is 4.28. The van der Waals surface area contributed by atoms with E-state index in [2.05, 4.69) is 17.1 Å². The van der Waals surface area contributed by atoms with Crippen molar-refractivity contribution in [1.82, 2.24) is 9.88 Å². The van der Waals surface area contributed by atoms with Crippen molar-refractivity contribution in [1.29, 1.82) is 0 Å². The van der Waals surface area contributed by atoms with Crippen LogP contribution in [0, 0.1) is 0 Å². The number of hydrogen-bond donors (Lipinski definition) is 1. The molecule has 1 aliphatic heterocycles. The molecule has 2 heterocycles. The van der Waals surface area contributed by atoms with Crippen LogP contribution in [0.1, 0.15) is 35.2 Å². The number of likely N-dealkylation sites (tertiary alicyclic amines) is 1. The van der Waals surface area contributed by atoms with Crippen LogP contribution in [-0.2, 0) is 6.42 Å². The number of nitrogens with zero attached hydrogens (tertiary/aromatic N) is 1. The molecule has 0 bridgehead atoms. The van der Waals surface area contributed by atoms with Crippen LogP contribution in [0.2, 0.25) is 0 Å². The Hall–Kier alpha value is -2.36. The second-order valence-corrected chi connectivity index (χ2v) is 5.76. The summed E-state index contributed by atoms with van der Waals surface area (Å²) in [5.74, 6) is 0.0202. The Labute approximate surface area is 129 Å². The molecule has 0 aliphatic carbocycles. The van der Waals surface area contributed by atoms with Gasteiger partial charge in [-0.05, 0) is 37.3 Å². The molecule has 4 nitrogen and oxygen atoms in total. The molecular formula is C18H20N2O2.